The van der Waals surface area contributed by atoms with Gasteiger partial charge in [0, 0.05) is 24.0 Å². The van der Waals surface area contributed by atoms with Crippen LogP contribution in [-0.2, 0) is 4.79 Å². The lowest BCUT2D eigenvalue weighted by molar-refractivity contribution is -0.142. The minimum atomic E-state index is -0.785. The van der Waals surface area contributed by atoms with Crippen molar-refractivity contribution in [3.05, 3.63) is 42.0 Å². The van der Waals surface area contributed by atoms with Gasteiger partial charge in [0.1, 0.15) is 5.75 Å². The molecule has 25 heavy (non-hydrogen) atoms. The molecule has 130 valence electrons. The van der Waals surface area contributed by atoms with Gasteiger partial charge in [0.2, 0.25) is 0 Å². The third-order valence-corrected chi connectivity index (χ3v) is 5.53. The van der Waals surface area contributed by atoms with E-state index in [1.807, 2.05) is 24.3 Å². The number of likely N-dealkylation sites (tertiary alicyclic amines) is 1. The molecule has 2 fully saturated rings. The van der Waals surface area contributed by atoms with Crippen LogP contribution in [0.1, 0.15) is 23.2 Å². The highest BCUT2D eigenvalue weighted by atomic mass is 16.5. The van der Waals surface area contributed by atoms with Gasteiger partial charge in [0.25, 0.3) is 5.91 Å². The molecule has 1 heterocycles. The molecular formula is C20H21NO4. The average molecular weight is 339 g/mol. The number of aliphatic carboxylic acids is 1. The van der Waals surface area contributed by atoms with Gasteiger partial charge in [0.05, 0.1) is 13.0 Å². The summed E-state index contributed by atoms with van der Waals surface area (Å²) in [6, 6.07) is 11.2. The fourth-order valence-electron chi connectivity index (χ4n) is 4.06. The number of amides is 1. The topological polar surface area (TPSA) is 66.8 Å². The first-order chi connectivity index (χ1) is 12.1. The maximum absolute atomic E-state index is 13.1. The fourth-order valence-corrected chi connectivity index (χ4v) is 4.06. The van der Waals surface area contributed by atoms with Crippen LogP contribution in [0.15, 0.2) is 36.4 Å². The third-order valence-electron chi connectivity index (χ3n) is 5.53. The number of fused-ring (bicyclic) bond motifs is 1. The predicted molar refractivity (Wildman–Crippen MR) is 93.7 cm³/mol. The van der Waals surface area contributed by atoms with Crippen molar-refractivity contribution in [2.75, 3.05) is 20.2 Å². The molecule has 2 aromatic rings. The van der Waals surface area contributed by atoms with Crippen molar-refractivity contribution < 1.29 is 19.4 Å². The highest BCUT2D eigenvalue weighted by Gasteiger charge is 2.47. The Bertz CT molecular complexity index is 843. The molecule has 1 aliphatic heterocycles. The van der Waals surface area contributed by atoms with Crippen LogP contribution in [0.5, 0.6) is 5.75 Å². The zero-order valence-corrected chi connectivity index (χ0v) is 14.1. The Labute approximate surface area is 146 Å². The van der Waals surface area contributed by atoms with Crippen LogP contribution in [0.3, 0.4) is 0 Å². The standard InChI is InChI=1S/C20H21NO4/c1-25-18-9-8-15(13-4-2-3-5-14(13)18)19(22)21-10-16(12-6-7-12)17(11-21)20(23)24/h2-5,8-9,12,16-17H,6-7,10-11H2,1H3,(H,23,24)/t16-,17+/m1/s1. The predicted octanol–water partition coefficient (Wildman–Crippen LogP) is 3.03. The van der Waals surface area contributed by atoms with E-state index in [0.717, 1.165) is 29.4 Å². The van der Waals surface area contributed by atoms with E-state index in [1.54, 1.807) is 24.1 Å². The molecule has 0 aromatic heterocycles. The lowest BCUT2D eigenvalue weighted by Crippen LogP contribution is -2.30. The minimum absolute atomic E-state index is 0.0889. The minimum Gasteiger partial charge on any atom is -0.496 e. The van der Waals surface area contributed by atoms with E-state index < -0.39 is 11.9 Å². The van der Waals surface area contributed by atoms with Crippen LogP contribution in [0.2, 0.25) is 0 Å². The molecular weight excluding hydrogens is 318 g/mol. The molecule has 2 atom stereocenters. The molecule has 1 aliphatic carbocycles. The first kappa shape index (κ1) is 15.9. The quantitative estimate of drug-likeness (QED) is 0.930. The van der Waals surface area contributed by atoms with E-state index >= 15 is 0 Å². The van der Waals surface area contributed by atoms with E-state index in [9.17, 15) is 14.7 Å². The lowest BCUT2D eigenvalue weighted by atomic mass is 9.92. The van der Waals surface area contributed by atoms with E-state index in [4.69, 9.17) is 4.74 Å². The molecule has 1 amide bonds. The van der Waals surface area contributed by atoms with Gasteiger partial charge >= 0.3 is 5.97 Å². The van der Waals surface area contributed by atoms with Crippen molar-refractivity contribution in [1.82, 2.24) is 4.90 Å². The number of ether oxygens (including phenoxy) is 1. The maximum Gasteiger partial charge on any atom is 0.308 e. The van der Waals surface area contributed by atoms with Gasteiger partial charge in [0.15, 0.2) is 0 Å². The molecule has 1 saturated carbocycles. The summed E-state index contributed by atoms with van der Waals surface area (Å²) >= 11 is 0. The third kappa shape index (κ3) is 2.73. The molecule has 2 aliphatic rings. The van der Waals surface area contributed by atoms with Crippen molar-refractivity contribution in [3.8, 4) is 5.75 Å². The summed E-state index contributed by atoms with van der Waals surface area (Å²) in [4.78, 5) is 26.4. The van der Waals surface area contributed by atoms with Gasteiger partial charge < -0.3 is 14.7 Å². The van der Waals surface area contributed by atoms with Crippen molar-refractivity contribution in [3.63, 3.8) is 0 Å². The number of nitrogens with zero attached hydrogens (tertiary/aromatic N) is 1. The molecule has 0 bridgehead atoms. The molecule has 5 nitrogen and oxygen atoms in total. The molecule has 0 unspecified atom stereocenters. The monoisotopic (exact) mass is 339 g/mol. The summed E-state index contributed by atoms with van der Waals surface area (Å²) in [6.45, 7) is 0.844. The SMILES string of the molecule is COc1ccc(C(=O)N2C[C@H](C(=O)O)[C@@H](C3CC3)C2)c2ccccc12. The molecule has 5 heteroatoms. The summed E-state index contributed by atoms with van der Waals surface area (Å²) in [5.41, 5.74) is 0.608. The first-order valence-electron chi connectivity index (χ1n) is 8.68. The van der Waals surface area contributed by atoms with Crippen molar-refractivity contribution >= 4 is 22.6 Å². The molecule has 2 aromatic carbocycles. The normalized spacial score (nSPS) is 23.0. The second-order valence-corrected chi connectivity index (χ2v) is 7.02. The Balaban J connectivity index is 1.68. The maximum atomic E-state index is 13.1. The van der Waals surface area contributed by atoms with Crippen molar-refractivity contribution in [2.24, 2.45) is 17.8 Å². The van der Waals surface area contributed by atoms with Crippen molar-refractivity contribution in [1.29, 1.82) is 0 Å². The number of carboxylic acids is 1. The Kier molecular flexibility index (Phi) is 3.86. The Morgan fingerprint density at radius 3 is 2.44 bits per heavy atom. The summed E-state index contributed by atoms with van der Waals surface area (Å²) in [5.74, 6) is -0.0358. The number of hydrogen-bond acceptors (Lipinski definition) is 3. The number of benzene rings is 2. The highest BCUT2D eigenvalue weighted by molar-refractivity contribution is 6.08. The smallest absolute Gasteiger partial charge is 0.308 e. The van der Waals surface area contributed by atoms with Gasteiger partial charge in [-0.15, -0.1) is 0 Å². The average Bonchev–Trinajstić information content (AvgIpc) is 3.38. The molecule has 0 spiro atoms. The van der Waals surface area contributed by atoms with E-state index in [1.165, 1.54) is 0 Å². The first-order valence-corrected chi connectivity index (χ1v) is 8.68. The summed E-state index contributed by atoms with van der Waals surface area (Å²) in [7, 11) is 1.61. The number of methoxy groups -OCH3 is 1. The Hall–Kier alpha value is -2.56. The van der Waals surface area contributed by atoms with Gasteiger partial charge in [-0.2, -0.15) is 0 Å². The van der Waals surface area contributed by atoms with Crippen LogP contribution in [-0.4, -0.2) is 42.1 Å². The zero-order valence-electron chi connectivity index (χ0n) is 14.1. The van der Waals surface area contributed by atoms with Gasteiger partial charge in [-0.05, 0) is 42.2 Å². The largest absolute Gasteiger partial charge is 0.496 e. The van der Waals surface area contributed by atoms with Crippen LogP contribution in [0.4, 0.5) is 0 Å². The summed E-state index contributed by atoms with van der Waals surface area (Å²) < 4.78 is 5.39. The summed E-state index contributed by atoms with van der Waals surface area (Å²) in [5, 5.41) is 11.2. The van der Waals surface area contributed by atoms with Crippen molar-refractivity contribution in [2.45, 2.75) is 12.8 Å². The van der Waals surface area contributed by atoms with E-state index in [2.05, 4.69) is 0 Å². The zero-order chi connectivity index (χ0) is 17.6. The number of carbonyl (C=O) groups excluding carboxylic acids is 1. The highest BCUT2D eigenvalue weighted by Crippen LogP contribution is 2.44. The van der Waals surface area contributed by atoms with E-state index in [-0.39, 0.29) is 11.8 Å². The molecule has 4 rings (SSSR count). The van der Waals surface area contributed by atoms with Crippen LogP contribution < -0.4 is 4.74 Å². The second-order valence-electron chi connectivity index (χ2n) is 7.02. The van der Waals surface area contributed by atoms with Crippen LogP contribution in [0, 0.1) is 17.8 Å². The van der Waals surface area contributed by atoms with Gasteiger partial charge in [-0.25, -0.2) is 0 Å². The van der Waals surface area contributed by atoms with E-state index in [0.29, 0.717) is 24.6 Å². The second kappa shape index (κ2) is 6.06. The van der Waals surface area contributed by atoms with Gasteiger partial charge in [-0.3, -0.25) is 9.59 Å². The number of rotatable bonds is 4. The number of carbonyl (C=O) groups is 2. The van der Waals surface area contributed by atoms with Gasteiger partial charge in [-0.1, -0.05) is 24.3 Å². The Morgan fingerprint density at radius 2 is 1.80 bits per heavy atom. The Morgan fingerprint density at radius 1 is 1.08 bits per heavy atom. The number of carboxylic acid groups (broad SMARTS) is 1. The fraction of sp³-hybridized carbons (Fsp3) is 0.400. The molecule has 1 saturated heterocycles. The molecule has 1 N–H and O–H groups in total. The number of hydrogen-bond donors (Lipinski definition) is 1. The summed E-state index contributed by atoms with van der Waals surface area (Å²) in [6.07, 6.45) is 2.17. The van der Waals surface area contributed by atoms with Crippen LogP contribution >= 0.6 is 0 Å². The lowest BCUT2D eigenvalue weighted by Gasteiger charge is -2.18. The van der Waals surface area contributed by atoms with Crippen LogP contribution in [0.25, 0.3) is 10.8 Å². The molecule has 0 radical (unpaired) electrons.